The van der Waals surface area contributed by atoms with Crippen molar-refractivity contribution in [1.82, 2.24) is 19.5 Å². The summed E-state index contributed by atoms with van der Waals surface area (Å²) in [5.74, 6) is 1.90. The summed E-state index contributed by atoms with van der Waals surface area (Å²) in [4.78, 5) is 13.3. The average molecular weight is 373 g/mol. The molecule has 8 nitrogen and oxygen atoms in total. The van der Waals surface area contributed by atoms with E-state index in [0.717, 1.165) is 25.1 Å². The highest BCUT2D eigenvalue weighted by Crippen LogP contribution is 2.34. The quantitative estimate of drug-likeness (QED) is 0.525. The van der Waals surface area contributed by atoms with Gasteiger partial charge in [0.15, 0.2) is 22.1 Å². The van der Waals surface area contributed by atoms with Gasteiger partial charge in [-0.3, -0.25) is 4.57 Å². The fraction of sp³-hybridized carbons (Fsp3) is 0.353. The normalized spacial score (nSPS) is 16.8. The number of rotatable bonds is 5. The molecular weight excluding hydrogens is 354 g/mol. The molecule has 1 aliphatic heterocycles. The Bertz CT molecular complexity index is 940. The number of nitrogens with zero attached hydrogens (tertiary/aromatic N) is 4. The second-order valence-corrected chi connectivity index (χ2v) is 6.26. The highest BCUT2D eigenvalue weighted by atomic mass is 32.1. The lowest BCUT2D eigenvalue weighted by molar-refractivity contribution is 0.0592. The van der Waals surface area contributed by atoms with Crippen molar-refractivity contribution in [3.63, 3.8) is 0 Å². The summed E-state index contributed by atoms with van der Waals surface area (Å²) in [6.07, 6.45) is 3.65. The number of ether oxygens (including phenoxy) is 3. The van der Waals surface area contributed by atoms with Gasteiger partial charge in [-0.05, 0) is 25.0 Å². The number of imidazole rings is 1. The van der Waals surface area contributed by atoms with Crippen LogP contribution in [0, 0.1) is 0 Å². The van der Waals surface area contributed by atoms with Gasteiger partial charge >= 0.3 is 0 Å². The molecule has 0 amide bonds. The summed E-state index contributed by atoms with van der Waals surface area (Å²) in [6, 6.07) is 5.50. The van der Waals surface area contributed by atoms with E-state index < -0.39 is 0 Å². The van der Waals surface area contributed by atoms with Crippen LogP contribution in [0.25, 0.3) is 11.2 Å². The van der Waals surface area contributed by atoms with Crippen molar-refractivity contribution >= 4 is 35.3 Å². The molecule has 0 aliphatic carbocycles. The number of hydrogen-bond acceptors (Lipinski definition) is 8. The lowest BCUT2D eigenvalue weighted by atomic mass is 10.2. The van der Waals surface area contributed by atoms with E-state index >= 15 is 0 Å². The summed E-state index contributed by atoms with van der Waals surface area (Å²) in [5.41, 5.74) is 2.08. The zero-order valence-electron chi connectivity index (χ0n) is 14.5. The van der Waals surface area contributed by atoms with Crippen LogP contribution >= 0.6 is 12.6 Å². The van der Waals surface area contributed by atoms with E-state index in [1.807, 2.05) is 16.7 Å². The Morgan fingerprint density at radius 2 is 2.15 bits per heavy atom. The molecule has 0 saturated carbocycles. The molecule has 3 heterocycles. The van der Waals surface area contributed by atoms with E-state index in [9.17, 15) is 0 Å². The molecule has 1 saturated heterocycles. The monoisotopic (exact) mass is 373 g/mol. The van der Waals surface area contributed by atoms with Crippen LogP contribution in [0.4, 0.5) is 11.5 Å². The van der Waals surface area contributed by atoms with Gasteiger partial charge in [0, 0.05) is 12.7 Å². The highest BCUT2D eigenvalue weighted by Gasteiger charge is 2.22. The average Bonchev–Trinajstić information content (AvgIpc) is 3.31. The van der Waals surface area contributed by atoms with E-state index in [1.165, 1.54) is 0 Å². The molecule has 0 bridgehead atoms. The molecule has 4 rings (SSSR count). The Hall–Kier alpha value is -2.52. The van der Waals surface area contributed by atoms with Gasteiger partial charge in [-0.25, -0.2) is 15.0 Å². The number of hydrogen-bond donors (Lipinski definition) is 2. The number of aromatic nitrogens is 4. The third-order valence-corrected chi connectivity index (χ3v) is 4.49. The zero-order chi connectivity index (χ0) is 18.1. The molecule has 1 aliphatic rings. The molecule has 26 heavy (non-hydrogen) atoms. The van der Waals surface area contributed by atoms with Crippen molar-refractivity contribution in [2.75, 3.05) is 26.1 Å². The largest absolute Gasteiger partial charge is 0.497 e. The molecule has 1 N–H and O–H groups in total. The summed E-state index contributed by atoms with van der Waals surface area (Å²) in [6.45, 7) is 0.747. The minimum atomic E-state index is -0.0500. The minimum absolute atomic E-state index is 0.0500. The Morgan fingerprint density at radius 3 is 2.88 bits per heavy atom. The SMILES string of the molecule is COc1ccc(Nc2nc(S)nc3c2ncn3C2CCCO2)c(OC)c1. The summed E-state index contributed by atoms with van der Waals surface area (Å²) in [5, 5.41) is 3.62. The topological polar surface area (TPSA) is 83.3 Å². The van der Waals surface area contributed by atoms with E-state index in [2.05, 4.69) is 32.9 Å². The molecule has 136 valence electrons. The van der Waals surface area contributed by atoms with Crippen LogP contribution in [-0.2, 0) is 4.74 Å². The first kappa shape index (κ1) is 16.9. The van der Waals surface area contributed by atoms with Crippen LogP contribution in [0.1, 0.15) is 19.1 Å². The van der Waals surface area contributed by atoms with Crippen molar-refractivity contribution < 1.29 is 14.2 Å². The van der Waals surface area contributed by atoms with Crippen molar-refractivity contribution in [2.24, 2.45) is 0 Å². The first-order valence-electron chi connectivity index (χ1n) is 8.24. The summed E-state index contributed by atoms with van der Waals surface area (Å²) >= 11 is 4.35. The second kappa shape index (κ2) is 7.00. The number of thiol groups is 1. The standard InChI is InChI=1S/C17H19N5O3S/c1-23-10-5-6-11(12(8-10)24-2)19-15-14-16(21-17(26)20-15)22(9-18-14)13-4-3-7-25-13/h5-6,8-9,13H,3-4,7H2,1-2H3,(H2,19,20,21,26). The van der Waals surface area contributed by atoms with E-state index in [1.54, 1.807) is 26.6 Å². The molecule has 0 spiro atoms. The Balaban J connectivity index is 1.75. The first-order valence-corrected chi connectivity index (χ1v) is 8.68. The van der Waals surface area contributed by atoms with E-state index in [0.29, 0.717) is 33.6 Å². The van der Waals surface area contributed by atoms with Crippen LogP contribution in [0.15, 0.2) is 29.7 Å². The van der Waals surface area contributed by atoms with Crippen LogP contribution in [-0.4, -0.2) is 40.3 Å². The third-order valence-electron chi connectivity index (χ3n) is 4.29. The van der Waals surface area contributed by atoms with Gasteiger partial charge in [-0.1, -0.05) is 0 Å². The molecule has 1 fully saturated rings. The minimum Gasteiger partial charge on any atom is -0.497 e. The van der Waals surface area contributed by atoms with Crippen LogP contribution in [0.5, 0.6) is 11.5 Å². The van der Waals surface area contributed by atoms with Crippen LogP contribution in [0.3, 0.4) is 0 Å². The smallest absolute Gasteiger partial charge is 0.188 e. The van der Waals surface area contributed by atoms with Gasteiger partial charge in [0.2, 0.25) is 0 Å². The van der Waals surface area contributed by atoms with Gasteiger partial charge in [-0.15, -0.1) is 12.6 Å². The van der Waals surface area contributed by atoms with Crippen molar-refractivity contribution in [3.05, 3.63) is 24.5 Å². The molecule has 0 radical (unpaired) electrons. The molecule has 1 atom stereocenters. The zero-order valence-corrected chi connectivity index (χ0v) is 15.4. The molecule has 2 aromatic heterocycles. The molecular formula is C17H19N5O3S. The van der Waals surface area contributed by atoms with Gasteiger partial charge in [0.1, 0.15) is 17.7 Å². The highest BCUT2D eigenvalue weighted by molar-refractivity contribution is 7.80. The van der Waals surface area contributed by atoms with Crippen molar-refractivity contribution in [2.45, 2.75) is 24.2 Å². The third kappa shape index (κ3) is 3.04. The van der Waals surface area contributed by atoms with Crippen molar-refractivity contribution in [1.29, 1.82) is 0 Å². The Kier molecular flexibility index (Phi) is 4.56. The molecule has 3 aromatic rings. The number of nitrogens with one attached hydrogen (secondary N) is 1. The van der Waals surface area contributed by atoms with Crippen LogP contribution in [0.2, 0.25) is 0 Å². The number of benzene rings is 1. The Morgan fingerprint density at radius 1 is 1.27 bits per heavy atom. The van der Waals surface area contributed by atoms with Gasteiger partial charge < -0.3 is 19.5 Å². The fourth-order valence-electron chi connectivity index (χ4n) is 3.01. The van der Waals surface area contributed by atoms with Crippen molar-refractivity contribution in [3.8, 4) is 11.5 Å². The summed E-state index contributed by atoms with van der Waals surface area (Å²) < 4.78 is 18.4. The maximum Gasteiger partial charge on any atom is 0.188 e. The molecule has 1 aromatic carbocycles. The number of methoxy groups -OCH3 is 2. The second-order valence-electron chi connectivity index (χ2n) is 5.86. The maximum absolute atomic E-state index is 5.75. The van der Waals surface area contributed by atoms with E-state index in [-0.39, 0.29) is 6.23 Å². The lowest BCUT2D eigenvalue weighted by Crippen LogP contribution is -2.07. The number of fused-ring (bicyclic) bond motifs is 1. The summed E-state index contributed by atoms with van der Waals surface area (Å²) in [7, 11) is 3.21. The van der Waals surface area contributed by atoms with Crippen LogP contribution < -0.4 is 14.8 Å². The van der Waals surface area contributed by atoms with Gasteiger partial charge in [0.05, 0.1) is 26.2 Å². The molecule has 1 unspecified atom stereocenters. The van der Waals surface area contributed by atoms with Gasteiger partial charge in [-0.2, -0.15) is 0 Å². The lowest BCUT2D eigenvalue weighted by Gasteiger charge is -2.14. The van der Waals surface area contributed by atoms with E-state index in [4.69, 9.17) is 14.2 Å². The first-order chi connectivity index (χ1) is 12.7. The Labute approximate surface area is 155 Å². The number of anilines is 2. The predicted octanol–water partition coefficient (Wildman–Crippen LogP) is 3.18. The van der Waals surface area contributed by atoms with Gasteiger partial charge in [0.25, 0.3) is 0 Å². The molecule has 9 heteroatoms. The predicted molar refractivity (Wildman–Crippen MR) is 99.6 cm³/mol. The fourth-order valence-corrected chi connectivity index (χ4v) is 3.21. The maximum atomic E-state index is 5.75.